The second kappa shape index (κ2) is 4.63. The maximum Gasteiger partial charge on any atom is 0.176 e. The number of hydrogen-bond donors (Lipinski definition) is 1. The number of benzene rings is 2. The van der Waals surface area contributed by atoms with E-state index >= 15 is 0 Å². The third-order valence-electron chi connectivity index (χ3n) is 2.60. The Kier molecular flexibility index (Phi) is 3.32. The summed E-state index contributed by atoms with van der Waals surface area (Å²) in [6.07, 6.45) is 1.19. The zero-order valence-electron chi connectivity index (χ0n) is 9.72. The van der Waals surface area contributed by atoms with Crippen LogP contribution in [0.15, 0.2) is 47.4 Å². The van der Waals surface area contributed by atoms with E-state index in [1.807, 2.05) is 0 Å². The van der Waals surface area contributed by atoms with Gasteiger partial charge >= 0.3 is 0 Å². The van der Waals surface area contributed by atoms with Crippen molar-refractivity contribution in [1.82, 2.24) is 0 Å². The summed E-state index contributed by atoms with van der Waals surface area (Å²) in [6, 6.07) is 11.9. The molecule has 2 rings (SSSR count). The van der Waals surface area contributed by atoms with E-state index in [4.69, 9.17) is 17.3 Å². The maximum atomic E-state index is 11.7. The summed E-state index contributed by atoms with van der Waals surface area (Å²) < 4.78 is 23.4. The highest BCUT2D eigenvalue weighted by molar-refractivity contribution is 7.90. The van der Waals surface area contributed by atoms with Crippen LogP contribution < -0.4 is 5.73 Å². The minimum absolute atomic E-state index is 0.283. The van der Waals surface area contributed by atoms with Gasteiger partial charge in [-0.2, -0.15) is 0 Å². The SMILES string of the molecule is CS(=O)(=O)c1ccccc1-c1ccc(N)c(Cl)c1. The lowest BCUT2D eigenvalue weighted by Crippen LogP contribution is -1.99. The normalized spacial score (nSPS) is 11.4. The van der Waals surface area contributed by atoms with Crippen LogP contribution in [-0.2, 0) is 9.84 Å². The summed E-state index contributed by atoms with van der Waals surface area (Å²) in [6.45, 7) is 0. The molecular weight excluding hydrogens is 270 g/mol. The molecular formula is C13H12ClNO2S. The number of rotatable bonds is 2. The van der Waals surface area contributed by atoms with Crippen LogP contribution in [0.2, 0.25) is 5.02 Å². The molecule has 2 aromatic rings. The van der Waals surface area contributed by atoms with Crippen molar-refractivity contribution in [2.45, 2.75) is 4.90 Å². The average Bonchev–Trinajstić information content (AvgIpc) is 2.32. The first-order valence-corrected chi connectivity index (χ1v) is 7.51. The van der Waals surface area contributed by atoms with Crippen LogP contribution in [0.1, 0.15) is 0 Å². The standard InChI is InChI=1S/C13H12ClNO2S/c1-18(16,17)13-5-3-2-4-10(13)9-6-7-12(15)11(14)8-9/h2-8H,15H2,1H3. The molecule has 0 amide bonds. The molecule has 0 atom stereocenters. The fourth-order valence-corrected chi connectivity index (χ4v) is 2.81. The van der Waals surface area contributed by atoms with Gasteiger partial charge in [-0.05, 0) is 23.8 Å². The molecule has 0 heterocycles. The second-order valence-corrected chi connectivity index (χ2v) is 6.40. The average molecular weight is 282 g/mol. The second-order valence-electron chi connectivity index (χ2n) is 4.00. The Balaban J connectivity index is 2.68. The van der Waals surface area contributed by atoms with Gasteiger partial charge in [0.05, 0.1) is 15.6 Å². The summed E-state index contributed by atoms with van der Waals surface area (Å²) in [7, 11) is -3.28. The van der Waals surface area contributed by atoms with E-state index in [1.54, 1.807) is 42.5 Å². The van der Waals surface area contributed by atoms with E-state index in [0.717, 1.165) is 5.56 Å². The molecule has 0 unspecified atom stereocenters. The first kappa shape index (κ1) is 12.9. The summed E-state index contributed by atoms with van der Waals surface area (Å²) in [4.78, 5) is 0.283. The molecule has 3 nitrogen and oxygen atoms in total. The van der Waals surface area contributed by atoms with E-state index in [1.165, 1.54) is 6.26 Å². The highest BCUT2D eigenvalue weighted by atomic mass is 35.5. The summed E-state index contributed by atoms with van der Waals surface area (Å²) in [5.41, 5.74) is 7.47. The van der Waals surface area contributed by atoms with Crippen molar-refractivity contribution in [2.75, 3.05) is 12.0 Å². The summed E-state index contributed by atoms with van der Waals surface area (Å²) in [5, 5.41) is 0.413. The Morgan fingerprint density at radius 3 is 2.39 bits per heavy atom. The molecule has 0 aliphatic heterocycles. The molecule has 0 fully saturated rings. The molecule has 2 aromatic carbocycles. The van der Waals surface area contributed by atoms with Crippen LogP contribution in [0, 0.1) is 0 Å². The minimum Gasteiger partial charge on any atom is -0.398 e. The van der Waals surface area contributed by atoms with Gasteiger partial charge in [-0.3, -0.25) is 0 Å². The van der Waals surface area contributed by atoms with Gasteiger partial charge in [0, 0.05) is 11.8 Å². The first-order chi connectivity index (χ1) is 8.39. The van der Waals surface area contributed by atoms with Crippen molar-refractivity contribution in [3.8, 4) is 11.1 Å². The Labute approximate surface area is 111 Å². The lowest BCUT2D eigenvalue weighted by atomic mass is 10.1. The quantitative estimate of drug-likeness (QED) is 0.861. The number of sulfone groups is 1. The maximum absolute atomic E-state index is 11.7. The number of hydrogen-bond acceptors (Lipinski definition) is 3. The van der Waals surface area contributed by atoms with Crippen molar-refractivity contribution < 1.29 is 8.42 Å². The predicted octanol–water partition coefficient (Wildman–Crippen LogP) is 2.99. The highest BCUT2D eigenvalue weighted by Gasteiger charge is 2.14. The van der Waals surface area contributed by atoms with Gasteiger partial charge in [0.15, 0.2) is 9.84 Å². The van der Waals surface area contributed by atoms with Crippen molar-refractivity contribution in [2.24, 2.45) is 0 Å². The van der Waals surface area contributed by atoms with Crippen molar-refractivity contribution >= 4 is 27.1 Å². The molecule has 5 heteroatoms. The van der Waals surface area contributed by atoms with Crippen LogP contribution >= 0.6 is 11.6 Å². The number of anilines is 1. The first-order valence-electron chi connectivity index (χ1n) is 5.24. The molecule has 0 aromatic heterocycles. The van der Waals surface area contributed by atoms with Gasteiger partial charge in [-0.25, -0.2) is 8.42 Å². The topological polar surface area (TPSA) is 60.2 Å². The van der Waals surface area contributed by atoms with E-state index in [2.05, 4.69) is 0 Å². The molecule has 18 heavy (non-hydrogen) atoms. The molecule has 0 saturated carbocycles. The largest absolute Gasteiger partial charge is 0.398 e. The van der Waals surface area contributed by atoms with E-state index in [-0.39, 0.29) is 4.90 Å². The predicted molar refractivity (Wildman–Crippen MR) is 74.4 cm³/mol. The Morgan fingerprint density at radius 2 is 1.78 bits per heavy atom. The molecule has 0 aliphatic carbocycles. The van der Waals surface area contributed by atoms with Crippen molar-refractivity contribution in [1.29, 1.82) is 0 Å². The van der Waals surface area contributed by atoms with Crippen LogP contribution in [0.5, 0.6) is 0 Å². The monoisotopic (exact) mass is 281 g/mol. The van der Waals surface area contributed by atoms with Gasteiger partial charge < -0.3 is 5.73 Å². The zero-order chi connectivity index (χ0) is 13.3. The number of nitrogens with two attached hydrogens (primary N) is 1. The summed E-state index contributed by atoms with van der Waals surface area (Å²) >= 11 is 5.96. The van der Waals surface area contributed by atoms with Crippen LogP contribution in [-0.4, -0.2) is 14.7 Å². The fraction of sp³-hybridized carbons (Fsp3) is 0.0769. The Hall–Kier alpha value is -1.52. The van der Waals surface area contributed by atoms with E-state index in [9.17, 15) is 8.42 Å². The van der Waals surface area contributed by atoms with Gasteiger partial charge in [0.25, 0.3) is 0 Å². The van der Waals surface area contributed by atoms with Crippen molar-refractivity contribution in [3.63, 3.8) is 0 Å². The van der Waals surface area contributed by atoms with Gasteiger partial charge in [0.2, 0.25) is 0 Å². The van der Waals surface area contributed by atoms with Gasteiger partial charge in [-0.1, -0.05) is 35.9 Å². The molecule has 2 N–H and O–H groups in total. The molecule has 0 aliphatic rings. The van der Waals surface area contributed by atoms with E-state index < -0.39 is 9.84 Å². The smallest absolute Gasteiger partial charge is 0.176 e. The third-order valence-corrected chi connectivity index (χ3v) is 4.08. The number of halogens is 1. The van der Waals surface area contributed by atoms with Crippen molar-refractivity contribution in [3.05, 3.63) is 47.5 Å². The van der Waals surface area contributed by atoms with Crippen LogP contribution in [0.4, 0.5) is 5.69 Å². The molecule has 94 valence electrons. The van der Waals surface area contributed by atoms with Gasteiger partial charge in [0.1, 0.15) is 0 Å². The van der Waals surface area contributed by atoms with Gasteiger partial charge in [-0.15, -0.1) is 0 Å². The van der Waals surface area contributed by atoms with E-state index in [0.29, 0.717) is 16.3 Å². The fourth-order valence-electron chi connectivity index (χ4n) is 1.72. The highest BCUT2D eigenvalue weighted by Crippen LogP contribution is 2.31. The van der Waals surface area contributed by atoms with Crippen LogP contribution in [0.3, 0.4) is 0 Å². The minimum atomic E-state index is -3.28. The number of nitrogen functional groups attached to an aromatic ring is 1. The molecule has 0 spiro atoms. The molecule has 0 saturated heterocycles. The lowest BCUT2D eigenvalue weighted by Gasteiger charge is -2.09. The van der Waals surface area contributed by atoms with Crippen LogP contribution in [0.25, 0.3) is 11.1 Å². The Morgan fingerprint density at radius 1 is 1.11 bits per heavy atom. The summed E-state index contributed by atoms with van der Waals surface area (Å²) in [5.74, 6) is 0. The lowest BCUT2D eigenvalue weighted by molar-refractivity contribution is 0.602. The molecule has 0 radical (unpaired) electrons. The third kappa shape index (κ3) is 2.49. The Bertz CT molecular complexity index is 696. The molecule has 0 bridgehead atoms. The zero-order valence-corrected chi connectivity index (χ0v) is 11.3.